The van der Waals surface area contributed by atoms with Crippen molar-refractivity contribution in [3.8, 4) is 11.6 Å². The molecule has 0 amide bonds. The summed E-state index contributed by atoms with van der Waals surface area (Å²) in [5.74, 6) is 0.740. The van der Waals surface area contributed by atoms with Crippen LogP contribution in [0.1, 0.15) is 11.1 Å². The number of hydrogen-bond donors (Lipinski definition) is 2. The van der Waals surface area contributed by atoms with Crippen LogP contribution in [0.3, 0.4) is 0 Å². The Labute approximate surface area is 117 Å². The minimum Gasteiger partial charge on any atom is -0.319 e. The highest BCUT2D eigenvalue weighted by Crippen LogP contribution is 2.23. The molecule has 21 heavy (non-hydrogen) atoms. The molecule has 2 N–H and O–H groups in total. The second-order valence-corrected chi connectivity index (χ2v) is 4.78. The van der Waals surface area contributed by atoms with E-state index in [1.54, 1.807) is 0 Å². The Hall–Kier alpha value is -3.10. The molecule has 4 aromatic rings. The van der Waals surface area contributed by atoms with Gasteiger partial charge in [-0.15, -0.1) is 10.2 Å². The van der Waals surface area contributed by atoms with Crippen molar-refractivity contribution in [2.24, 2.45) is 0 Å². The van der Waals surface area contributed by atoms with Crippen LogP contribution >= 0.6 is 0 Å². The van der Waals surface area contributed by atoms with Crippen LogP contribution < -0.4 is 5.69 Å². The van der Waals surface area contributed by atoms with Gasteiger partial charge >= 0.3 is 5.69 Å². The lowest BCUT2D eigenvalue weighted by Crippen LogP contribution is -2.17. The summed E-state index contributed by atoms with van der Waals surface area (Å²) in [7, 11) is 0. The first kappa shape index (κ1) is 11.7. The molecule has 0 unspecified atom stereocenters. The van der Waals surface area contributed by atoms with Gasteiger partial charge < -0.3 is 4.98 Å². The zero-order valence-corrected chi connectivity index (χ0v) is 11.2. The predicted octanol–water partition coefficient (Wildman–Crippen LogP) is 0.368. The Bertz CT molecular complexity index is 1030. The number of tetrazole rings is 1. The third kappa shape index (κ3) is 1.57. The van der Waals surface area contributed by atoms with Crippen LogP contribution in [0.25, 0.3) is 28.2 Å². The number of hydrogen-bond acceptors (Lipinski definition) is 6. The first-order valence-electron chi connectivity index (χ1n) is 6.28. The van der Waals surface area contributed by atoms with Crippen molar-refractivity contribution in [2.75, 3.05) is 0 Å². The van der Waals surface area contributed by atoms with Gasteiger partial charge in [-0.05, 0) is 41.5 Å². The summed E-state index contributed by atoms with van der Waals surface area (Å²) in [6.45, 7) is 3.99. The highest BCUT2D eigenvalue weighted by Gasteiger charge is 2.15. The number of aromatic nitrogens is 8. The Morgan fingerprint density at radius 1 is 1.19 bits per heavy atom. The van der Waals surface area contributed by atoms with E-state index in [9.17, 15) is 4.79 Å². The van der Waals surface area contributed by atoms with Crippen LogP contribution in [0.4, 0.5) is 0 Å². The maximum atomic E-state index is 12.1. The van der Waals surface area contributed by atoms with Crippen LogP contribution in [0.2, 0.25) is 0 Å². The molecule has 3 heterocycles. The van der Waals surface area contributed by atoms with E-state index in [0.717, 1.165) is 16.5 Å². The molecule has 0 radical (unpaired) electrons. The van der Waals surface area contributed by atoms with E-state index in [4.69, 9.17) is 0 Å². The van der Waals surface area contributed by atoms with Crippen LogP contribution in [0, 0.1) is 13.8 Å². The maximum absolute atomic E-state index is 12.1. The monoisotopic (exact) mass is 282 g/mol. The number of nitrogens with one attached hydrogen (secondary N) is 2. The van der Waals surface area contributed by atoms with Crippen LogP contribution in [0.5, 0.6) is 0 Å². The summed E-state index contributed by atoms with van der Waals surface area (Å²) in [6, 6.07) is 3.77. The van der Waals surface area contributed by atoms with E-state index in [0.29, 0.717) is 22.8 Å². The molecule has 0 spiro atoms. The van der Waals surface area contributed by atoms with Crippen molar-refractivity contribution in [2.45, 2.75) is 13.8 Å². The fraction of sp³-hybridized carbons (Fsp3) is 0.167. The molecule has 4 rings (SSSR count). The summed E-state index contributed by atoms with van der Waals surface area (Å²) in [5, 5.41) is 18.4. The molecule has 0 saturated carbocycles. The smallest absolute Gasteiger partial charge is 0.319 e. The van der Waals surface area contributed by atoms with Gasteiger partial charge in [-0.2, -0.15) is 9.50 Å². The van der Waals surface area contributed by atoms with E-state index in [2.05, 4.69) is 35.7 Å². The number of H-pyrrole nitrogens is 2. The molecule has 0 saturated heterocycles. The van der Waals surface area contributed by atoms with Crippen molar-refractivity contribution in [3.05, 3.63) is 33.7 Å². The molecule has 0 aliphatic heterocycles. The third-order valence-corrected chi connectivity index (χ3v) is 3.57. The Morgan fingerprint density at radius 3 is 2.81 bits per heavy atom. The second kappa shape index (κ2) is 3.95. The van der Waals surface area contributed by atoms with Gasteiger partial charge in [0.05, 0.1) is 5.52 Å². The van der Waals surface area contributed by atoms with E-state index in [1.807, 2.05) is 26.0 Å². The molecule has 0 fully saturated rings. The van der Waals surface area contributed by atoms with E-state index < -0.39 is 5.69 Å². The molecule has 3 aromatic heterocycles. The van der Waals surface area contributed by atoms with Crippen molar-refractivity contribution in [3.63, 3.8) is 0 Å². The lowest BCUT2D eigenvalue weighted by Gasteiger charge is -2.05. The van der Waals surface area contributed by atoms with Crippen LogP contribution in [-0.4, -0.2) is 40.2 Å². The topological polar surface area (TPSA) is 118 Å². The minimum atomic E-state index is -0.448. The molecule has 0 aliphatic rings. The maximum Gasteiger partial charge on any atom is 0.370 e. The molecule has 0 bridgehead atoms. The summed E-state index contributed by atoms with van der Waals surface area (Å²) in [5.41, 5.74) is 2.92. The van der Waals surface area contributed by atoms with Gasteiger partial charge in [0.2, 0.25) is 5.82 Å². The average Bonchev–Trinajstić information content (AvgIpc) is 3.11. The van der Waals surface area contributed by atoms with Gasteiger partial charge in [-0.25, -0.2) is 9.89 Å². The highest BCUT2D eigenvalue weighted by atomic mass is 16.1. The minimum absolute atomic E-state index is 0.358. The van der Waals surface area contributed by atoms with Gasteiger partial charge in [0.15, 0.2) is 5.82 Å². The number of benzene rings is 1. The summed E-state index contributed by atoms with van der Waals surface area (Å²) in [6.07, 6.45) is 0. The third-order valence-electron chi connectivity index (χ3n) is 3.57. The van der Waals surface area contributed by atoms with Crippen LogP contribution in [0.15, 0.2) is 16.9 Å². The predicted molar refractivity (Wildman–Crippen MR) is 73.8 cm³/mol. The van der Waals surface area contributed by atoms with Gasteiger partial charge in [0.25, 0.3) is 0 Å². The molecular weight excluding hydrogens is 272 g/mol. The van der Waals surface area contributed by atoms with E-state index >= 15 is 0 Å². The largest absolute Gasteiger partial charge is 0.370 e. The number of aromatic amines is 2. The zero-order valence-electron chi connectivity index (χ0n) is 11.2. The molecule has 9 nitrogen and oxygen atoms in total. The SMILES string of the molecule is Cc1ccc2nc(=O)n3nc(-c4nnn[nH]4)[nH]c3c2c1C. The fourth-order valence-electron chi connectivity index (χ4n) is 2.36. The molecule has 1 aromatic carbocycles. The quantitative estimate of drug-likeness (QED) is 0.520. The van der Waals surface area contributed by atoms with Gasteiger partial charge in [-0.1, -0.05) is 6.07 Å². The average molecular weight is 282 g/mol. The standard InChI is InChI=1S/C12H10N8O/c1-5-3-4-7-8(6(5)2)11-14-9(10-15-18-19-16-10)17-20(11)12(21)13-7/h3-4H,1-2H3,(H,14,17)(H,15,16,18,19). The molecular formula is C12H10N8O. The number of nitrogens with zero attached hydrogens (tertiary/aromatic N) is 6. The van der Waals surface area contributed by atoms with Crippen LogP contribution in [-0.2, 0) is 0 Å². The number of rotatable bonds is 1. The van der Waals surface area contributed by atoms with Gasteiger partial charge in [-0.3, -0.25) is 0 Å². The molecule has 0 atom stereocenters. The molecule has 9 heteroatoms. The number of aryl methyl sites for hydroxylation is 2. The summed E-state index contributed by atoms with van der Waals surface area (Å²) < 4.78 is 1.23. The van der Waals surface area contributed by atoms with Crippen molar-refractivity contribution in [1.82, 2.24) is 40.2 Å². The zero-order chi connectivity index (χ0) is 14.6. The number of fused-ring (bicyclic) bond motifs is 3. The Kier molecular flexibility index (Phi) is 2.20. The van der Waals surface area contributed by atoms with Gasteiger partial charge in [0, 0.05) is 5.39 Å². The van der Waals surface area contributed by atoms with E-state index in [1.165, 1.54) is 4.52 Å². The lowest BCUT2D eigenvalue weighted by atomic mass is 10.1. The second-order valence-electron chi connectivity index (χ2n) is 4.78. The molecule has 104 valence electrons. The van der Waals surface area contributed by atoms with Crippen molar-refractivity contribution in [1.29, 1.82) is 0 Å². The van der Waals surface area contributed by atoms with Gasteiger partial charge in [0.1, 0.15) is 5.65 Å². The summed E-state index contributed by atoms with van der Waals surface area (Å²) in [4.78, 5) is 19.2. The normalized spacial score (nSPS) is 11.5. The molecule has 0 aliphatic carbocycles. The van der Waals surface area contributed by atoms with Crippen molar-refractivity contribution < 1.29 is 0 Å². The Morgan fingerprint density at radius 2 is 2.05 bits per heavy atom. The first-order valence-corrected chi connectivity index (χ1v) is 6.28. The first-order chi connectivity index (χ1) is 10.1. The lowest BCUT2D eigenvalue weighted by molar-refractivity contribution is 0.880. The highest BCUT2D eigenvalue weighted by molar-refractivity contribution is 5.94. The van der Waals surface area contributed by atoms with Crippen molar-refractivity contribution >= 4 is 16.6 Å². The Balaban J connectivity index is 2.19. The fourth-order valence-corrected chi connectivity index (χ4v) is 2.36. The van der Waals surface area contributed by atoms with E-state index in [-0.39, 0.29) is 0 Å². The summed E-state index contributed by atoms with van der Waals surface area (Å²) >= 11 is 0.